The summed E-state index contributed by atoms with van der Waals surface area (Å²) in [6.45, 7) is 5.82. The van der Waals surface area contributed by atoms with Crippen LogP contribution in [0.2, 0.25) is 0 Å². The van der Waals surface area contributed by atoms with Crippen molar-refractivity contribution in [3.63, 3.8) is 0 Å². The minimum absolute atomic E-state index is 0.0174. The average molecular weight is 482 g/mol. The average Bonchev–Trinajstić information content (AvgIpc) is 2.75. The molecule has 0 saturated heterocycles. The van der Waals surface area contributed by atoms with Crippen LogP contribution >= 0.6 is 0 Å². The molecule has 1 aliphatic carbocycles. The van der Waals surface area contributed by atoms with E-state index < -0.39 is 10.0 Å². The van der Waals surface area contributed by atoms with Gasteiger partial charge in [-0.3, -0.25) is 9.52 Å². The van der Waals surface area contributed by atoms with Gasteiger partial charge in [0.15, 0.2) is 5.75 Å². The van der Waals surface area contributed by atoms with Crippen molar-refractivity contribution in [3.05, 3.63) is 23.8 Å². The van der Waals surface area contributed by atoms with Crippen molar-refractivity contribution >= 4 is 21.6 Å². The molecule has 9 heteroatoms. The van der Waals surface area contributed by atoms with Crippen LogP contribution in [0.25, 0.3) is 0 Å². The molecule has 1 fully saturated rings. The van der Waals surface area contributed by atoms with Crippen LogP contribution in [0.15, 0.2) is 18.2 Å². The number of nitrogens with zero attached hydrogens (tertiary/aromatic N) is 2. The molecular formula is C24H39N3O5S. The van der Waals surface area contributed by atoms with Gasteiger partial charge in [-0.2, -0.15) is 0 Å². The molecule has 1 amide bonds. The Morgan fingerprint density at radius 1 is 1.24 bits per heavy atom. The highest BCUT2D eigenvalue weighted by Crippen LogP contribution is 2.35. The predicted octanol–water partition coefficient (Wildman–Crippen LogP) is 2.79. The second-order valence-electron chi connectivity index (χ2n) is 9.90. The van der Waals surface area contributed by atoms with E-state index in [0.717, 1.165) is 12.8 Å². The monoisotopic (exact) mass is 481 g/mol. The number of hydrogen-bond donors (Lipinski definition) is 2. The zero-order valence-corrected chi connectivity index (χ0v) is 21.1. The Hall–Kier alpha value is -1.84. The number of benzene rings is 1. The number of likely N-dealkylation sites (N-methyl/N-ethyl adjacent to an activating group) is 1. The second kappa shape index (κ2) is 11.1. The van der Waals surface area contributed by atoms with Gasteiger partial charge < -0.3 is 19.6 Å². The van der Waals surface area contributed by atoms with Crippen LogP contribution in [0.1, 0.15) is 56.3 Å². The first-order valence-electron chi connectivity index (χ1n) is 12.0. The number of hydrogen-bond acceptors (Lipinski definition) is 6. The van der Waals surface area contributed by atoms with Crippen LogP contribution in [0.4, 0.5) is 5.69 Å². The summed E-state index contributed by atoms with van der Waals surface area (Å²) >= 11 is 0. The summed E-state index contributed by atoms with van der Waals surface area (Å²) in [5.74, 6) is 0.654. The lowest BCUT2D eigenvalue weighted by Crippen LogP contribution is -2.50. The molecule has 186 valence electrons. The summed E-state index contributed by atoms with van der Waals surface area (Å²) in [6, 6.07) is 4.55. The molecular weight excluding hydrogens is 442 g/mol. The number of anilines is 1. The number of carbonyl (C=O) groups is 1. The molecule has 3 rings (SSSR count). The number of carbonyl (C=O) groups excluding carboxylic acids is 1. The van der Waals surface area contributed by atoms with Crippen molar-refractivity contribution in [2.75, 3.05) is 44.3 Å². The molecule has 0 bridgehead atoms. The van der Waals surface area contributed by atoms with Gasteiger partial charge in [0.2, 0.25) is 10.0 Å². The van der Waals surface area contributed by atoms with Crippen LogP contribution in [0.3, 0.4) is 0 Å². The molecule has 2 N–H and O–H groups in total. The lowest BCUT2D eigenvalue weighted by atomic mass is 9.89. The fraction of sp³-hybridized carbons (Fsp3) is 0.708. The lowest BCUT2D eigenvalue weighted by Gasteiger charge is -2.39. The minimum Gasteiger partial charge on any atom is -0.486 e. The fourth-order valence-corrected chi connectivity index (χ4v) is 5.49. The number of fused-ring (bicyclic) bond motifs is 1. The molecule has 1 aromatic rings. The zero-order chi connectivity index (χ0) is 24.2. The van der Waals surface area contributed by atoms with E-state index in [1.807, 2.05) is 13.8 Å². The lowest BCUT2D eigenvalue weighted by molar-refractivity contribution is 0.0333. The van der Waals surface area contributed by atoms with Gasteiger partial charge in [-0.05, 0) is 44.9 Å². The molecule has 1 aliphatic heterocycles. The summed E-state index contributed by atoms with van der Waals surface area (Å²) in [4.78, 5) is 17.4. The van der Waals surface area contributed by atoms with Crippen molar-refractivity contribution in [2.45, 2.75) is 58.1 Å². The third kappa shape index (κ3) is 6.83. The number of aliphatic hydroxyl groups excluding tert-OH is 1. The minimum atomic E-state index is -3.56. The Kier molecular flexibility index (Phi) is 8.64. The second-order valence-corrected chi connectivity index (χ2v) is 11.7. The maximum atomic E-state index is 13.4. The maximum absolute atomic E-state index is 13.4. The highest BCUT2D eigenvalue weighted by atomic mass is 32.2. The normalized spacial score (nSPS) is 23.5. The van der Waals surface area contributed by atoms with Gasteiger partial charge in [0.25, 0.3) is 5.91 Å². The number of aliphatic hydroxyl groups is 1. The summed E-state index contributed by atoms with van der Waals surface area (Å²) in [5, 5.41) is 9.78. The van der Waals surface area contributed by atoms with Gasteiger partial charge in [-0.1, -0.05) is 32.3 Å². The van der Waals surface area contributed by atoms with Gasteiger partial charge in [0.1, 0.15) is 6.10 Å². The molecule has 1 heterocycles. The van der Waals surface area contributed by atoms with Crippen molar-refractivity contribution in [3.8, 4) is 5.75 Å². The smallest absolute Gasteiger partial charge is 0.258 e. The first-order chi connectivity index (χ1) is 15.6. The predicted molar refractivity (Wildman–Crippen MR) is 130 cm³/mol. The Morgan fingerprint density at radius 3 is 2.58 bits per heavy atom. The molecule has 0 unspecified atom stereocenters. The first kappa shape index (κ1) is 25.8. The summed E-state index contributed by atoms with van der Waals surface area (Å²) < 4.78 is 32.9. The molecule has 2 aliphatic rings. The van der Waals surface area contributed by atoms with Gasteiger partial charge in [0.05, 0.1) is 30.2 Å². The molecule has 8 nitrogen and oxygen atoms in total. The highest BCUT2D eigenvalue weighted by Gasteiger charge is 2.35. The Bertz CT molecular complexity index is 917. The highest BCUT2D eigenvalue weighted by molar-refractivity contribution is 7.92. The summed E-state index contributed by atoms with van der Waals surface area (Å²) in [6.07, 6.45) is 7.25. The molecule has 1 saturated carbocycles. The van der Waals surface area contributed by atoms with E-state index in [1.54, 1.807) is 23.1 Å². The molecule has 0 aromatic heterocycles. The zero-order valence-electron chi connectivity index (χ0n) is 20.3. The molecule has 0 radical (unpaired) electrons. The number of ether oxygens (including phenoxy) is 1. The van der Waals surface area contributed by atoms with Gasteiger partial charge in [0, 0.05) is 25.6 Å². The quantitative estimate of drug-likeness (QED) is 0.592. The Morgan fingerprint density at radius 2 is 1.94 bits per heavy atom. The van der Waals surface area contributed by atoms with E-state index >= 15 is 0 Å². The van der Waals surface area contributed by atoms with Crippen molar-refractivity contribution in [2.24, 2.45) is 11.8 Å². The van der Waals surface area contributed by atoms with E-state index in [0.29, 0.717) is 24.6 Å². The summed E-state index contributed by atoms with van der Waals surface area (Å²) in [7, 11) is -1.46. The van der Waals surface area contributed by atoms with Gasteiger partial charge >= 0.3 is 0 Å². The first-order valence-corrected chi connectivity index (χ1v) is 13.9. The van der Waals surface area contributed by atoms with E-state index in [9.17, 15) is 18.3 Å². The summed E-state index contributed by atoms with van der Waals surface area (Å²) in [5.41, 5.74) is 0.560. The number of amides is 1. The SMILES string of the molecule is C[C@@H]1CN([C@@H](C)CO)C(=O)c2cccc(NS(C)(=O)=O)c2O[C@@H]1CN(C)CC1CCCCC1. The van der Waals surface area contributed by atoms with Crippen molar-refractivity contribution in [1.82, 2.24) is 9.80 Å². The third-order valence-corrected chi connectivity index (χ3v) is 7.36. The number of nitrogens with one attached hydrogen (secondary N) is 1. The van der Waals surface area contributed by atoms with E-state index in [4.69, 9.17) is 4.74 Å². The molecule has 33 heavy (non-hydrogen) atoms. The van der Waals surface area contributed by atoms with Crippen LogP contribution in [-0.4, -0.2) is 80.9 Å². The Labute approximate surface area is 198 Å². The van der Waals surface area contributed by atoms with E-state index in [-0.39, 0.29) is 42.0 Å². The number of rotatable bonds is 8. The largest absolute Gasteiger partial charge is 0.486 e. The molecule has 3 atom stereocenters. The third-order valence-electron chi connectivity index (χ3n) is 6.77. The van der Waals surface area contributed by atoms with Crippen LogP contribution in [0, 0.1) is 11.8 Å². The van der Waals surface area contributed by atoms with Crippen LogP contribution in [0.5, 0.6) is 5.75 Å². The Balaban J connectivity index is 1.92. The molecule has 0 spiro atoms. The molecule has 1 aromatic carbocycles. The van der Waals surface area contributed by atoms with E-state index in [1.165, 1.54) is 32.1 Å². The van der Waals surface area contributed by atoms with Gasteiger partial charge in [-0.15, -0.1) is 0 Å². The van der Waals surface area contributed by atoms with E-state index in [2.05, 4.69) is 16.7 Å². The van der Waals surface area contributed by atoms with Crippen LogP contribution in [-0.2, 0) is 10.0 Å². The standard InChI is InChI=1S/C24H39N3O5S/c1-17-13-27(18(2)16-28)24(29)20-11-8-12-21(25-33(4,30)31)23(20)32-22(17)15-26(3)14-19-9-6-5-7-10-19/h8,11-12,17-19,22,25,28H,5-7,9-10,13-16H2,1-4H3/t17-,18+,22-/m1/s1. The van der Waals surface area contributed by atoms with Crippen LogP contribution < -0.4 is 9.46 Å². The number of sulfonamides is 1. The fourth-order valence-electron chi connectivity index (χ4n) is 4.93. The number of para-hydroxylation sites is 1. The van der Waals surface area contributed by atoms with Crippen molar-refractivity contribution in [1.29, 1.82) is 0 Å². The van der Waals surface area contributed by atoms with Gasteiger partial charge in [-0.25, -0.2) is 8.42 Å². The topological polar surface area (TPSA) is 99.2 Å². The van der Waals surface area contributed by atoms with Crippen molar-refractivity contribution < 1.29 is 23.1 Å². The maximum Gasteiger partial charge on any atom is 0.258 e.